The van der Waals surface area contributed by atoms with Gasteiger partial charge < -0.3 is 9.42 Å². The van der Waals surface area contributed by atoms with Crippen molar-refractivity contribution in [1.29, 1.82) is 0 Å². The van der Waals surface area contributed by atoms with Crippen molar-refractivity contribution in [2.45, 2.75) is 53.0 Å². The van der Waals surface area contributed by atoms with Crippen LogP contribution in [0.3, 0.4) is 0 Å². The van der Waals surface area contributed by atoms with Crippen LogP contribution in [0.15, 0.2) is 28.8 Å². The minimum Gasteiger partial charge on any atom is -0.339 e. The van der Waals surface area contributed by atoms with E-state index in [9.17, 15) is 14.9 Å². The van der Waals surface area contributed by atoms with E-state index < -0.39 is 4.92 Å². The summed E-state index contributed by atoms with van der Waals surface area (Å²) in [5, 5.41) is 14.7. The van der Waals surface area contributed by atoms with Gasteiger partial charge in [0.05, 0.1) is 4.92 Å². The molecular formula is C19H26N4O4. The molecule has 146 valence electrons. The van der Waals surface area contributed by atoms with Crippen LogP contribution in [0.5, 0.6) is 0 Å². The summed E-state index contributed by atoms with van der Waals surface area (Å²) in [5.74, 6) is 1.26. The first kappa shape index (κ1) is 20.5. The van der Waals surface area contributed by atoms with E-state index in [0.717, 1.165) is 6.42 Å². The van der Waals surface area contributed by atoms with Crippen LogP contribution in [0.4, 0.5) is 5.69 Å². The van der Waals surface area contributed by atoms with Crippen LogP contribution in [-0.4, -0.2) is 38.5 Å². The van der Waals surface area contributed by atoms with Gasteiger partial charge in [0.2, 0.25) is 17.6 Å². The van der Waals surface area contributed by atoms with Gasteiger partial charge in [-0.05, 0) is 31.4 Å². The molecule has 0 radical (unpaired) electrons. The van der Waals surface area contributed by atoms with Gasteiger partial charge in [-0.1, -0.05) is 25.9 Å². The maximum atomic E-state index is 12.5. The van der Waals surface area contributed by atoms with Crippen molar-refractivity contribution in [3.05, 3.63) is 40.3 Å². The van der Waals surface area contributed by atoms with Crippen LogP contribution in [0.25, 0.3) is 11.4 Å². The van der Waals surface area contributed by atoms with Crippen molar-refractivity contribution in [1.82, 2.24) is 15.0 Å². The minimum absolute atomic E-state index is 0.00956. The summed E-state index contributed by atoms with van der Waals surface area (Å²) in [6.07, 6.45) is 1.86. The average molecular weight is 374 g/mol. The Balaban J connectivity index is 2.04. The summed E-state index contributed by atoms with van der Waals surface area (Å²) in [6.45, 7) is 8.67. The highest BCUT2D eigenvalue weighted by atomic mass is 16.6. The van der Waals surface area contributed by atoms with Crippen molar-refractivity contribution < 1.29 is 14.2 Å². The number of nitro benzene ring substituents is 1. The number of amides is 1. The second kappa shape index (κ2) is 9.25. The van der Waals surface area contributed by atoms with E-state index in [1.165, 1.54) is 12.1 Å². The molecular weight excluding hydrogens is 348 g/mol. The number of aromatic nitrogens is 2. The van der Waals surface area contributed by atoms with Crippen molar-refractivity contribution in [2.75, 3.05) is 6.54 Å². The number of nitrogens with zero attached hydrogens (tertiary/aromatic N) is 4. The zero-order valence-electron chi connectivity index (χ0n) is 16.2. The highest BCUT2D eigenvalue weighted by molar-refractivity contribution is 5.76. The molecule has 0 fully saturated rings. The molecule has 1 amide bonds. The van der Waals surface area contributed by atoms with Gasteiger partial charge in [-0.2, -0.15) is 4.98 Å². The van der Waals surface area contributed by atoms with Gasteiger partial charge in [-0.3, -0.25) is 14.9 Å². The van der Waals surface area contributed by atoms with Crippen molar-refractivity contribution in [2.24, 2.45) is 5.92 Å². The maximum absolute atomic E-state index is 12.5. The molecule has 0 saturated heterocycles. The normalized spacial score (nSPS) is 12.2. The topological polar surface area (TPSA) is 102 Å². The fourth-order valence-corrected chi connectivity index (χ4v) is 2.70. The second-order valence-corrected chi connectivity index (χ2v) is 7.01. The lowest BCUT2D eigenvalue weighted by Crippen LogP contribution is -2.40. The summed E-state index contributed by atoms with van der Waals surface area (Å²) < 4.78 is 5.29. The Kier molecular flexibility index (Phi) is 7.04. The van der Waals surface area contributed by atoms with Gasteiger partial charge >= 0.3 is 0 Å². The Bertz CT molecular complexity index is 770. The average Bonchev–Trinajstić information content (AvgIpc) is 3.10. The van der Waals surface area contributed by atoms with E-state index in [2.05, 4.69) is 17.1 Å². The van der Waals surface area contributed by atoms with Crippen LogP contribution in [0.1, 0.15) is 46.4 Å². The molecule has 1 heterocycles. The highest BCUT2D eigenvalue weighted by Crippen LogP contribution is 2.20. The molecule has 2 rings (SSSR count). The lowest BCUT2D eigenvalue weighted by Gasteiger charge is -2.29. The molecule has 0 bridgehead atoms. The molecule has 0 saturated carbocycles. The van der Waals surface area contributed by atoms with Crippen molar-refractivity contribution in [3.63, 3.8) is 0 Å². The summed E-state index contributed by atoms with van der Waals surface area (Å²) in [4.78, 5) is 29.0. The van der Waals surface area contributed by atoms with Crippen LogP contribution < -0.4 is 0 Å². The number of carbonyl (C=O) groups excluding carboxylic acids is 1. The van der Waals surface area contributed by atoms with Crippen LogP contribution in [0, 0.1) is 16.0 Å². The van der Waals surface area contributed by atoms with Crippen molar-refractivity contribution >= 4 is 11.6 Å². The predicted octanol–water partition coefficient (Wildman–Crippen LogP) is 3.86. The molecule has 0 spiro atoms. The summed E-state index contributed by atoms with van der Waals surface area (Å²) in [5.41, 5.74) is 0.653. The summed E-state index contributed by atoms with van der Waals surface area (Å²) in [6, 6.07) is 6.13. The molecule has 1 atom stereocenters. The quantitative estimate of drug-likeness (QED) is 0.488. The third kappa shape index (κ3) is 5.60. The number of benzene rings is 1. The standard InChI is InChI=1S/C19H26N4O4/c1-5-14(4)22(18(24)12-13(2)3)11-10-17-20-19(21-27-17)15-6-8-16(9-7-15)23(25)26/h6-9,13-14H,5,10-12H2,1-4H3/t14-/m1/s1. The van der Waals surface area contributed by atoms with E-state index in [4.69, 9.17) is 4.52 Å². The molecule has 0 unspecified atom stereocenters. The maximum Gasteiger partial charge on any atom is 0.269 e. The predicted molar refractivity (Wildman–Crippen MR) is 101 cm³/mol. The van der Waals surface area contributed by atoms with E-state index in [-0.39, 0.29) is 17.6 Å². The number of nitro groups is 1. The Labute approximate surface area is 158 Å². The Morgan fingerprint density at radius 3 is 2.48 bits per heavy atom. The van der Waals surface area contributed by atoms with Crippen LogP contribution >= 0.6 is 0 Å². The Morgan fingerprint density at radius 2 is 1.93 bits per heavy atom. The molecule has 0 N–H and O–H groups in total. The third-order valence-corrected chi connectivity index (χ3v) is 4.40. The molecule has 0 aliphatic heterocycles. The largest absolute Gasteiger partial charge is 0.339 e. The van der Waals surface area contributed by atoms with E-state index in [0.29, 0.717) is 42.6 Å². The smallest absolute Gasteiger partial charge is 0.269 e. The molecule has 27 heavy (non-hydrogen) atoms. The lowest BCUT2D eigenvalue weighted by molar-refractivity contribution is -0.384. The molecule has 8 nitrogen and oxygen atoms in total. The Hall–Kier alpha value is -2.77. The first-order chi connectivity index (χ1) is 12.8. The highest BCUT2D eigenvalue weighted by Gasteiger charge is 2.21. The number of carbonyl (C=O) groups is 1. The first-order valence-electron chi connectivity index (χ1n) is 9.18. The molecule has 1 aromatic heterocycles. The number of rotatable bonds is 9. The lowest BCUT2D eigenvalue weighted by atomic mass is 10.1. The number of hydrogen-bond donors (Lipinski definition) is 0. The number of hydrogen-bond acceptors (Lipinski definition) is 6. The molecule has 1 aromatic carbocycles. The van der Waals surface area contributed by atoms with Gasteiger partial charge in [-0.25, -0.2) is 0 Å². The van der Waals surface area contributed by atoms with Crippen molar-refractivity contribution in [3.8, 4) is 11.4 Å². The zero-order valence-corrected chi connectivity index (χ0v) is 16.2. The van der Waals surface area contributed by atoms with Gasteiger partial charge in [0.15, 0.2) is 0 Å². The molecule has 2 aromatic rings. The monoisotopic (exact) mass is 374 g/mol. The fraction of sp³-hybridized carbons (Fsp3) is 0.526. The van der Waals surface area contributed by atoms with E-state index in [1.54, 1.807) is 12.1 Å². The first-order valence-corrected chi connectivity index (χ1v) is 9.18. The number of non-ortho nitro benzene ring substituents is 1. The van der Waals surface area contributed by atoms with E-state index >= 15 is 0 Å². The zero-order chi connectivity index (χ0) is 20.0. The fourth-order valence-electron chi connectivity index (χ4n) is 2.70. The molecule has 0 aliphatic rings. The van der Waals surface area contributed by atoms with Gasteiger partial charge in [0.1, 0.15) is 0 Å². The van der Waals surface area contributed by atoms with Gasteiger partial charge in [0, 0.05) is 43.1 Å². The van der Waals surface area contributed by atoms with Gasteiger partial charge in [-0.15, -0.1) is 0 Å². The minimum atomic E-state index is -0.455. The van der Waals surface area contributed by atoms with Crippen LogP contribution in [0.2, 0.25) is 0 Å². The second-order valence-electron chi connectivity index (χ2n) is 7.01. The Morgan fingerprint density at radius 1 is 1.26 bits per heavy atom. The van der Waals surface area contributed by atoms with E-state index in [1.807, 2.05) is 25.7 Å². The van der Waals surface area contributed by atoms with Crippen LogP contribution in [-0.2, 0) is 11.2 Å². The SMILES string of the molecule is CC[C@@H](C)N(CCc1nc(-c2ccc([N+](=O)[O-])cc2)no1)C(=O)CC(C)C. The summed E-state index contributed by atoms with van der Waals surface area (Å²) >= 11 is 0. The molecule has 8 heteroatoms. The summed E-state index contributed by atoms with van der Waals surface area (Å²) in [7, 11) is 0. The third-order valence-electron chi connectivity index (χ3n) is 4.40. The molecule has 0 aliphatic carbocycles. The van der Waals surface area contributed by atoms with Gasteiger partial charge in [0.25, 0.3) is 5.69 Å².